The molecule has 0 spiro atoms. The number of nitrogens with zero attached hydrogens (tertiary/aromatic N) is 7. The van der Waals surface area contributed by atoms with Crippen LogP contribution < -0.4 is 15.2 Å². The molecule has 0 aromatic carbocycles. The molecule has 4 rings (SSSR count). The number of nitriles is 1. The first kappa shape index (κ1) is 34.1. The molecule has 2 N–H and O–H groups in total. The van der Waals surface area contributed by atoms with Crippen LogP contribution in [0.1, 0.15) is 39.1 Å². The summed E-state index contributed by atoms with van der Waals surface area (Å²) >= 11 is 0. The highest BCUT2D eigenvalue weighted by Gasteiger charge is 2.09. The molecule has 4 aromatic heterocycles. The molecule has 0 unspecified atom stereocenters. The van der Waals surface area contributed by atoms with Crippen LogP contribution in [0.15, 0.2) is 73.1 Å². The van der Waals surface area contributed by atoms with Crippen LogP contribution in [0.25, 0.3) is 22.8 Å². The van der Waals surface area contributed by atoms with Crippen molar-refractivity contribution in [3.05, 3.63) is 84.4 Å². The fraction of sp³-hybridized carbons (Fsp3) is 0.382. The Bertz CT molecular complexity index is 1420. The van der Waals surface area contributed by atoms with Gasteiger partial charge in [-0.3, -0.25) is 9.97 Å². The molecule has 0 saturated carbocycles. The molecule has 44 heavy (non-hydrogen) atoms. The maximum atomic E-state index is 9.13. The Morgan fingerprint density at radius 3 is 1.61 bits per heavy atom. The average Bonchev–Trinajstić information content (AvgIpc) is 3.09. The number of pyridine rings is 4. The highest BCUT2D eigenvalue weighted by atomic mass is 16.5. The number of hydrogen-bond donors (Lipinski definition) is 1. The maximum Gasteiger partial charge on any atom is 0.144 e. The van der Waals surface area contributed by atoms with Gasteiger partial charge in [0.25, 0.3) is 0 Å². The van der Waals surface area contributed by atoms with E-state index in [0.717, 1.165) is 67.8 Å². The van der Waals surface area contributed by atoms with Gasteiger partial charge in [-0.05, 0) is 50.4 Å². The van der Waals surface area contributed by atoms with Crippen molar-refractivity contribution in [2.24, 2.45) is 5.73 Å². The lowest BCUT2D eigenvalue weighted by Gasteiger charge is -2.18. The van der Waals surface area contributed by atoms with Gasteiger partial charge in [-0.25, -0.2) is 9.97 Å². The van der Waals surface area contributed by atoms with Crippen molar-refractivity contribution in [3.63, 3.8) is 0 Å². The summed E-state index contributed by atoms with van der Waals surface area (Å²) in [6, 6.07) is 20.7. The Hall–Kier alpha value is -4.43. The van der Waals surface area contributed by atoms with E-state index in [1.54, 1.807) is 18.5 Å². The lowest BCUT2D eigenvalue weighted by molar-refractivity contribution is 0.222. The molecule has 0 atom stereocenters. The summed E-state index contributed by atoms with van der Waals surface area (Å²) in [5.74, 6) is 1.45. The fourth-order valence-corrected chi connectivity index (χ4v) is 4.35. The van der Waals surface area contributed by atoms with E-state index >= 15 is 0 Å². The van der Waals surface area contributed by atoms with Crippen LogP contribution in [0.5, 0.6) is 11.5 Å². The molecular weight excluding hydrogens is 552 g/mol. The third-order valence-electron chi connectivity index (χ3n) is 6.97. The molecule has 10 nitrogen and oxygen atoms in total. The molecule has 10 heteroatoms. The average molecular weight is 597 g/mol. The summed E-state index contributed by atoms with van der Waals surface area (Å²) in [6.45, 7) is 16.0. The van der Waals surface area contributed by atoms with E-state index in [1.165, 1.54) is 0 Å². The van der Waals surface area contributed by atoms with Crippen molar-refractivity contribution in [2.75, 3.05) is 52.5 Å². The minimum Gasteiger partial charge on any atom is -0.492 e. The number of nitrogens with two attached hydrogens (primary N) is 1. The number of ether oxygens (including phenoxy) is 2. The molecule has 0 radical (unpaired) electrons. The Kier molecular flexibility index (Phi) is 14.7. The largest absolute Gasteiger partial charge is 0.492 e. The van der Waals surface area contributed by atoms with E-state index in [1.807, 2.05) is 54.6 Å². The van der Waals surface area contributed by atoms with Crippen molar-refractivity contribution >= 4 is 0 Å². The molecule has 232 valence electrons. The van der Waals surface area contributed by atoms with Crippen molar-refractivity contribution in [3.8, 4) is 40.3 Å². The summed E-state index contributed by atoms with van der Waals surface area (Å²) < 4.78 is 11.7. The molecule has 0 aliphatic heterocycles. The lowest BCUT2D eigenvalue weighted by atomic mass is 10.2. The summed E-state index contributed by atoms with van der Waals surface area (Å²) in [6.07, 6.45) is 3.46. The van der Waals surface area contributed by atoms with Gasteiger partial charge in [0, 0.05) is 56.3 Å². The predicted molar refractivity (Wildman–Crippen MR) is 174 cm³/mol. The SMILES string of the molecule is CCN(CC)CCOc1cc(C#N)nc(-c2ccccn2)c1.CCN(CC)CCOc1cc(CN)nc(-c2ccccn2)c1. The topological polar surface area (TPSA) is 126 Å². The van der Waals surface area contributed by atoms with Crippen molar-refractivity contribution in [2.45, 2.75) is 34.2 Å². The monoisotopic (exact) mass is 596 g/mol. The minimum absolute atomic E-state index is 0.334. The predicted octanol–water partition coefficient (Wildman–Crippen LogP) is 5.06. The zero-order valence-corrected chi connectivity index (χ0v) is 26.3. The summed E-state index contributed by atoms with van der Waals surface area (Å²) in [5, 5.41) is 9.13. The Labute approximate surface area is 261 Å². The molecule has 0 aliphatic carbocycles. The molecule has 0 fully saturated rings. The highest BCUT2D eigenvalue weighted by molar-refractivity contribution is 5.58. The lowest BCUT2D eigenvalue weighted by Crippen LogP contribution is -2.27. The van der Waals surface area contributed by atoms with Gasteiger partial charge < -0.3 is 25.0 Å². The summed E-state index contributed by atoms with van der Waals surface area (Å²) in [4.78, 5) is 22.0. The second-order valence-corrected chi connectivity index (χ2v) is 9.75. The van der Waals surface area contributed by atoms with Crippen LogP contribution in [0.3, 0.4) is 0 Å². The zero-order chi connectivity index (χ0) is 31.6. The zero-order valence-electron chi connectivity index (χ0n) is 26.3. The minimum atomic E-state index is 0.334. The fourth-order valence-electron chi connectivity index (χ4n) is 4.35. The van der Waals surface area contributed by atoms with E-state index < -0.39 is 0 Å². The molecule has 0 amide bonds. The van der Waals surface area contributed by atoms with Gasteiger partial charge in [-0.15, -0.1) is 0 Å². The van der Waals surface area contributed by atoms with Crippen LogP contribution in [-0.2, 0) is 6.54 Å². The van der Waals surface area contributed by atoms with Crippen molar-refractivity contribution in [1.82, 2.24) is 29.7 Å². The van der Waals surface area contributed by atoms with Gasteiger partial charge in [-0.2, -0.15) is 5.26 Å². The van der Waals surface area contributed by atoms with Gasteiger partial charge in [0.1, 0.15) is 36.5 Å². The normalized spacial score (nSPS) is 10.7. The molecule has 0 aliphatic rings. The van der Waals surface area contributed by atoms with Gasteiger partial charge >= 0.3 is 0 Å². The molecule has 4 aromatic rings. The van der Waals surface area contributed by atoms with Crippen LogP contribution >= 0.6 is 0 Å². The quantitative estimate of drug-likeness (QED) is 0.199. The second kappa shape index (κ2) is 19.0. The number of aromatic nitrogens is 4. The van der Waals surface area contributed by atoms with E-state index in [2.05, 4.69) is 63.5 Å². The smallest absolute Gasteiger partial charge is 0.144 e. The van der Waals surface area contributed by atoms with Crippen molar-refractivity contribution in [1.29, 1.82) is 5.26 Å². The van der Waals surface area contributed by atoms with Gasteiger partial charge in [0.2, 0.25) is 0 Å². The van der Waals surface area contributed by atoms with Crippen LogP contribution in [0.2, 0.25) is 0 Å². The van der Waals surface area contributed by atoms with Gasteiger partial charge in [0.15, 0.2) is 0 Å². The molecule has 4 heterocycles. The first-order valence-electron chi connectivity index (χ1n) is 15.2. The number of likely N-dealkylation sites (N-methyl/N-ethyl adjacent to an activating group) is 2. The standard InChI is InChI=1S/C17H24N4O.C17H20N4O/c2*1-3-21(4-2)9-10-22-15-11-14(13-18)20-17(12-15)16-7-5-6-8-19-16/h5-8,11-12H,3-4,9-10,13,18H2,1-2H3;5-8,11-12H,3-4,9-10H2,1-2H3. The van der Waals surface area contributed by atoms with Crippen LogP contribution in [0.4, 0.5) is 0 Å². The van der Waals surface area contributed by atoms with E-state index in [0.29, 0.717) is 36.9 Å². The summed E-state index contributed by atoms with van der Waals surface area (Å²) in [5.41, 5.74) is 9.88. The third kappa shape index (κ3) is 11.0. The van der Waals surface area contributed by atoms with Gasteiger partial charge in [-0.1, -0.05) is 39.8 Å². The first-order chi connectivity index (χ1) is 21.5. The third-order valence-corrected chi connectivity index (χ3v) is 6.97. The Morgan fingerprint density at radius 2 is 1.18 bits per heavy atom. The second-order valence-electron chi connectivity index (χ2n) is 9.75. The maximum absolute atomic E-state index is 9.13. The van der Waals surface area contributed by atoms with Crippen molar-refractivity contribution < 1.29 is 9.47 Å². The molecule has 0 bridgehead atoms. The van der Waals surface area contributed by atoms with E-state index in [9.17, 15) is 0 Å². The van der Waals surface area contributed by atoms with Gasteiger partial charge in [0.05, 0.1) is 28.5 Å². The summed E-state index contributed by atoms with van der Waals surface area (Å²) in [7, 11) is 0. The van der Waals surface area contributed by atoms with Crippen LogP contribution in [-0.4, -0.2) is 82.2 Å². The Morgan fingerprint density at radius 1 is 0.682 bits per heavy atom. The number of rotatable bonds is 15. The first-order valence-corrected chi connectivity index (χ1v) is 15.2. The number of hydrogen-bond acceptors (Lipinski definition) is 10. The molecule has 0 saturated heterocycles. The van der Waals surface area contributed by atoms with E-state index in [-0.39, 0.29) is 0 Å². The highest BCUT2D eigenvalue weighted by Crippen LogP contribution is 2.22. The Balaban J connectivity index is 0.000000240. The van der Waals surface area contributed by atoms with E-state index in [4.69, 9.17) is 20.5 Å². The van der Waals surface area contributed by atoms with Crippen LogP contribution in [0, 0.1) is 11.3 Å². The molecular formula is C34H44N8O2.